The molecule has 26 heavy (non-hydrogen) atoms. The molecule has 0 N–H and O–H groups in total. The van der Waals surface area contributed by atoms with Crippen LogP contribution in [-0.2, 0) is 23.0 Å². The molecular weight excluding hydrogens is 378 g/mol. The van der Waals surface area contributed by atoms with E-state index >= 15 is 0 Å². The lowest BCUT2D eigenvalue weighted by atomic mass is 10.0. The predicted molar refractivity (Wildman–Crippen MR) is 96.6 cm³/mol. The van der Waals surface area contributed by atoms with E-state index in [9.17, 15) is 17.2 Å². The second kappa shape index (κ2) is 6.99. The average molecular weight is 399 g/mol. The quantitative estimate of drug-likeness (QED) is 0.797. The first kappa shape index (κ1) is 18.0. The van der Waals surface area contributed by atoms with Crippen molar-refractivity contribution in [3.8, 4) is 0 Å². The van der Waals surface area contributed by atoms with Gasteiger partial charge in [0.05, 0.1) is 4.90 Å². The number of hydrogen-bond donors (Lipinski definition) is 0. The minimum atomic E-state index is -3.79. The van der Waals surface area contributed by atoms with Crippen LogP contribution in [0.4, 0.5) is 8.78 Å². The Hall–Kier alpha value is -1.35. The fourth-order valence-corrected chi connectivity index (χ4v) is 6.19. The number of halogens is 2. The Labute approximate surface area is 156 Å². The largest absolute Gasteiger partial charge is 0.296 e. The van der Waals surface area contributed by atoms with Crippen molar-refractivity contribution < 1.29 is 17.2 Å². The second-order valence-corrected chi connectivity index (χ2v) is 9.74. The molecule has 0 spiro atoms. The topological polar surface area (TPSA) is 40.6 Å². The molecule has 0 amide bonds. The third-order valence-electron chi connectivity index (χ3n) is 5.31. The molecule has 1 saturated heterocycles. The number of piperidine rings is 1. The van der Waals surface area contributed by atoms with E-state index in [0.29, 0.717) is 19.1 Å². The van der Waals surface area contributed by atoms with Gasteiger partial charge in [0, 0.05) is 37.1 Å². The third kappa shape index (κ3) is 3.31. The van der Waals surface area contributed by atoms with Crippen LogP contribution < -0.4 is 0 Å². The molecule has 0 atom stereocenters. The van der Waals surface area contributed by atoms with Crippen molar-refractivity contribution in [3.05, 3.63) is 51.7 Å². The zero-order chi connectivity index (χ0) is 18.3. The van der Waals surface area contributed by atoms with Gasteiger partial charge in [0.2, 0.25) is 10.0 Å². The Bertz CT molecular complexity index is 906. The van der Waals surface area contributed by atoms with Crippen molar-refractivity contribution >= 4 is 21.4 Å². The molecule has 0 radical (unpaired) electrons. The Kier molecular flexibility index (Phi) is 4.85. The summed E-state index contributed by atoms with van der Waals surface area (Å²) in [6, 6.07) is 5.29. The van der Waals surface area contributed by atoms with Gasteiger partial charge in [0.15, 0.2) is 11.6 Å². The SMILES string of the molecule is O=S(=O)(c1ccc(F)c(F)c1)N1CCC(N2CCc3sccc3C2)CC1. The normalized spacial score (nSPS) is 20.2. The molecule has 0 unspecified atom stereocenters. The van der Waals surface area contributed by atoms with Gasteiger partial charge in [-0.25, -0.2) is 17.2 Å². The number of benzene rings is 1. The highest BCUT2D eigenvalue weighted by atomic mass is 32.2. The molecule has 0 saturated carbocycles. The van der Waals surface area contributed by atoms with Crippen LogP contribution in [-0.4, -0.2) is 43.3 Å². The molecule has 4 rings (SSSR count). The van der Waals surface area contributed by atoms with E-state index in [4.69, 9.17) is 0 Å². The number of thiophene rings is 1. The van der Waals surface area contributed by atoms with Crippen molar-refractivity contribution in [1.82, 2.24) is 9.21 Å². The maximum atomic E-state index is 13.4. The first-order chi connectivity index (χ1) is 12.4. The van der Waals surface area contributed by atoms with Gasteiger partial charge in [-0.15, -0.1) is 11.3 Å². The number of fused-ring (bicyclic) bond motifs is 1. The lowest BCUT2D eigenvalue weighted by Gasteiger charge is -2.39. The summed E-state index contributed by atoms with van der Waals surface area (Å²) < 4.78 is 53.3. The Morgan fingerprint density at radius 3 is 2.54 bits per heavy atom. The molecule has 2 aliphatic rings. The van der Waals surface area contributed by atoms with Gasteiger partial charge >= 0.3 is 0 Å². The van der Waals surface area contributed by atoms with E-state index < -0.39 is 21.7 Å². The van der Waals surface area contributed by atoms with Crippen molar-refractivity contribution in [2.75, 3.05) is 19.6 Å². The summed E-state index contributed by atoms with van der Waals surface area (Å²) in [6.07, 6.45) is 2.56. The van der Waals surface area contributed by atoms with E-state index in [1.165, 1.54) is 14.7 Å². The minimum absolute atomic E-state index is 0.185. The summed E-state index contributed by atoms with van der Waals surface area (Å²) in [5, 5.41) is 2.13. The highest BCUT2D eigenvalue weighted by molar-refractivity contribution is 7.89. The van der Waals surface area contributed by atoms with Crippen LogP contribution in [0.15, 0.2) is 34.5 Å². The van der Waals surface area contributed by atoms with Crippen molar-refractivity contribution in [1.29, 1.82) is 0 Å². The Morgan fingerprint density at radius 1 is 1.04 bits per heavy atom. The van der Waals surface area contributed by atoms with Gasteiger partial charge in [-0.1, -0.05) is 0 Å². The predicted octanol–water partition coefficient (Wildman–Crippen LogP) is 3.24. The van der Waals surface area contributed by atoms with Crippen LogP contribution in [0.1, 0.15) is 23.3 Å². The third-order valence-corrected chi connectivity index (χ3v) is 8.22. The standard InChI is InChI=1S/C18H20F2N2O2S2/c19-16-2-1-15(11-17(16)20)26(23,24)22-8-3-14(4-9-22)21-7-5-18-13(12-21)6-10-25-18/h1-2,6,10-11,14H,3-5,7-9,12H2. The maximum Gasteiger partial charge on any atom is 0.243 e. The summed E-state index contributed by atoms with van der Waals surface area (Å²) in [5.74, 6) is -2.18. The van der Waals surface area contributed by atoms with Crippen LogP contribution in [0.25, 0.3) is 0 Å². The number of hydrogen-bond acceptors (Lipinski definition) is 4. The highest BCUT2D eigenvalue weighted by Gasteiger charge is 2.33. The van der Waals surface area contributed by atoms with Gasteiger partial charge < -0.3 is 0 Å². The summed E-state index contributed by atoms with van der Waals surface area (Å²) in [5.41, 5.74) is 1.39. The molecule has 8 heteroatoms. The molecule has 2 aliphatic heterocycles. The van der Waals surface area contributed by atoms with Gasteiger partial charge in [0.25, 0.3) is 0 Å². The molecule has 140 valence electrons. The van der Waals surface area contributed by atoms with Crippen LogP contribution in [0.5, 0.6) is 0 Å². The van der Waals surface area contributed by atoms with Crippen LogP contribution in [0.2, 0.25) is 0 Å². The molecule has 0 bridgehead atoms. The smallest absolute Gasteiger partial charge is 0.243 e. The van der Waals surface area contributed by atoms with Crippen molar-refractivity contribution in [2.45, 2.75) is 36.7 Å². The van der Waals surface area contributed by atoms with E-state index in [1.807, 2.05) is 0 Å². The number of rotatable bonds is 3. The number of sulfonamides is 1. The molecule has 2 aromatic rings. The number of nitrogens with zero attached hydrogens (tertiary/aromatic N) is 2. The first-order valence-corrected chi connectivity index (χ1v) is 11.0. The average Bonchev–Trinajstić information content (AvgIpc) is 3.11. The van der Waals surface area contributed by atoms with Crippen molar-refractivity contribution in [3.63, 3.8) is 0 Å². The molecule has 1 aromatic carbocycles. The Balaban J connectivity index is 1.42. The Morgan fingerprint density at radius 2 is 1.81 bits per heavy atom. The zero-order valence-electron chi connectivity index (χ0n) is 14.2. The fourth-order valence-electron chi connectivity index (χ4n) is 3.82. The molecule has 4 nitrogen and oxygen atoms in total. The van der Waals surface area contributed by atoms with Gasteiger partial charge in [-0.05, 0) is 54.5 Å². The monoisotopic (exact) mass is 398 g/mol. The van der Waals surface area contributed by atoms with Gasteiger partial charge in [-0.2, -0.15) is 4.31 Å². The van der Waals surface area contributed by atoms with Crippen LogP contribution >= 0.6 is 11.3 Å². The summed E-state index contributed by atoms with van der Waals surface area (Å²) >= 11 is 1.81. The fraction of sp³-hybridized carbons (Fsp3) is 0.444. The summed E-state index contributed by atoms with van der Waals surface area (Å²) in [7, 11) is -3.79. The van der Waals surface area contributed by atoms with E-state index in [0.717, 1.165) is 50.6 Å². The molecule has 1 aromatic heterocycles. The lowest BCUT2D eigenvalue weighted by molar-refractivity contribution is 0.127. The zero-order valence-corrected chi connectivity index (χ0v) is 15.8. The lowest BCUT2D eigenvalue weighted by Crippen LogP contribution is -2.47. The summed E-state index contributed by atoms with van der Waals surface area (Å²) in [4.78, 5) is 3.71. The van der Waals surface area contributed by atoms with Gasteiger partial charge in [0.1, 0.15) is 0 Å². The molecule has 3 heterocycles. The highest BCUT2D eigenvalue weighted by Crippen LogP contribution is 2.29. The van der Waals surface area contributed by atoms with E-state index in [2.05, 4.69) is 16.3 Å². The van der Waals surface area contributed by atoms with Crippen molar-refractivity contribution in [2.24, 2.45) is 0 Å². The van der Waals surface area contributed by atoms with Gasteiger partial charge in [-0.3, -0.25) is 4.90 Å². The van der Waals surface area contributed by atoms with E-state index in [1.54, 1.807) is 11.3 Å². The minimum Gasteiger partial charge on any atom is -0.296 e. The van der Waals surface area contributed by atoms with E-state index in [-0.39, 0.29) is 4.90 Å². The molecule has 1 fully saturated rings. The first-order valence-electron chi connectivity index (χ1n) is 8.69. The van der Waals surface area contributed by atoms with Crippen LogP contribution in [0.3, 0.4) is 0 Å². The molecular formula is C18H20F2N2O2S2. The van der Waals surface area contributed by atoms with Crippen LogP contribution in [0, 0.1) is 11.6 Å². The summed E-state index contributed by atoms with van der Waals surface area (Å²) in [6.45, 7) is 2.74. The maximum absolute atomic E-state index is 13.4. The second-order valence-electron chi connectivity index (χ2n) is 6.80. The molecule has 0 aliphatic carbocycles.